The fourth-order valence-corrected chi connectivity index (χ4v) is 3.18. The van der Waals surface area contributed by atoms with Crippen LogP contribution in [0.4, 0.5) is 4.39 Å². The second kappa shape index (κ2) is 9.17. The number of nitrogens with zero attached hydrogens (tertiary/aromatic N) is 3. The van der Waals surface area contributed by atoms with E-state index in [9.17, 15) is 18.8 Å². The minimum absolute atomic E-state index is 0.00806. The zero-order valence-electron chi connectivity index (χ0n) is 16.8. The Balaban J connectivity index is 1.51. The number of aromatic nitrogens is 4. The molecule has 0 bridgehead atoms. The van der Waals surface area contributed by atoms with E-state index in [1.807, 2.05) is 6.07 Å². The Bertz CT molecular complexity index is 1330. The molecule has 0 saturated carbocycles. The molecule has 0 radical (unpaired) electrons. The van der Waals surface area contributed by atoms with Crippen molar-refractivity contribution in [3.05, 3.63) is 117 Å². The van der Waals surface area contributed by atoms with Gasteiger partial charge in [-0.15, -0.1) is 0 Å². The number of amides is 1. The standard InChI is InChI=1S/C23H18FN5O3/c24-16-8-6-15(7-9-16)18-5-3-11-26-20(18)13-27-22(31)19-12-21(30)29(23(32)28-19)14-17-4-1-2-10-25-17/h1-12H,13-14H2,(H,27,31)(H,28,32). The van der Waals surface area contributed by atoms with Crippen molar-refractivity contribution in [2.24, 2.45) is 0 Å². The first kappa shape index (κ1) is 20.9. The van der Waals surface area contributed by atoms with Crippen LogP contribution in [0.25, 0.3) is 11.1 Å². The lowest BCUT2D eigenvalue weighted by molar-refractivity contribution is 0.0944. The van der Waals surface area contributed by atoms with E-state index >= 15 is 0 Å². The highest BCUT2D eigenvalue weighted by Crippen LogP contribution is 2.22. The zero-order chi connectivity index (χ0) is 22.5. The van der Waals surface area contributed by atoms with Crippen molar-refractivity contribution in [2.75, 3.05) is 0 Å². The molecule has 0 unspecified atom stereocenters. The van der Waals surface area contributed by atoms with Crippen LogP contribution in [0.3, 0.4) is 0 Å². The Morgan fingerprint density at radius 3 is 2.50 bits per heavy atom. The molecule has 160 valence electrons. The SMILES string of the molecule is O=C(NCc1ncccc1-c1ccc(F)cc1)c1cc(=O)n(Cc2ccccn2)c(=O)[nH]1. The number of nitrogens with one attached hydrogen (secondary N) is 2. The average Bonchev–Trinajstić information content (AvgIpc) is 2.81. The molecular weight excluding hydrogens is 413 g/mol. The maximum absolute atomic E-state index is 13.2. The number of carbonyl (C=O) groups is 1. The van der Waals surface area contributed by atoms with Gasteiger partial charge in [-0.3, -0.25) is 24.1 Å². The summed E-state index contributed by atoms with van der Waals surface area (Å²) in [5.74, 6) is -0.978. The number of carbonyl (C=O) groups excluding carboxylic acids is 1. The van der Waals surface area contributed by atoms with Gasteiger partial charge in [0.15, 0.2) is 0 Å². The van der Waals surface area contributed by atoms with Crippen LogP contribution >= 0.6 is 0 Å². The van der Waals surface area contributed by atoms with E-state index in [-0.39, 0.29) is 24.6 Å². The summed E-state index contributed by atoms with van der Waals surface area (Å²) in [5, 5.41) is 2.65. The first-order chi connectivity index (χ1) is 15.5. The summed E-state index contributed by atoms with van der Waals surface area (Å²) in [6.45, 7) is 0.0390. The molecule has 3 heterocycles. The molecule has 9 heteroatoms. The molecule has 0 saturated heterocycles. The van der Waals surface area contributed by atoms with E-state index in [1.165, 1.54) is 12.1 Å². The van der Waals surface area contributed by atoms with Crippen molar-refractivity contribution in [1.82, 2.24) is 24.8 Å². The molecule has 0 spiro atoms. The highest BCUT2D eigenvalue weighted by Gasteiger charge is 2.13. The van der Waals surface area contributed by atoms with E-state index in [0.29, 0.717) is 11.4 Å². The first-order valence-corrected chi connectivity index (χ1v) is 9.73. The van der Waals surface area contributed by atoms with Gasteiger partial charge in [0.1, 0.15) is 11.5 Å². The van der Waals surface area contributed by atoms with E-state index in [4.69, 9.17) is 0 Å². The van der Waals surface area contributed by atoms with Gasteiger partial charge in [-0.05, 0) is 35.9 Å². The number of hydrogen-bond donors (Lipinski definition) is 2. The van der Waals surface area contributed by atoms with Crippen LogP contribution in [0.5, 0.6) is 0 Å². The van der Waals surface area contributed by atoms with Crippen LogP contribution in [-0.4, -0.2) is 25.4 Å². The lowest BCUT2D eigenvalue weighted by atomic mass is 10.0. The number of halogens is 1. The van der Waals surface area contributed by atoms with Gasteiger partial charge in [0.05, 0.1) is 24.5 Å². The summed E-state index contributed by atoms with van der Waals surface area (Å²) in [5.41, 5.74) is 1.09. The summed E-state index contributed by atoms with van der Waals surface area (Å²) in [4.78, 5) is 48.1. The van der Waals surface area contributed by atoms with E-state index in [1.54, 1.807) is 48.8 Å². The largest absolute Gasteiger partial charge is 0.345 e. The minimum atomic E-state index is -0.710. The van der Waals surface area contributed by atoms with E-state index in [2.05, 4.69) is 20.3 Å². The fraction of sp³-hybridized carbons (Fsp3) is 0.0870. The van der Waals surface area contributed by atoms with Crippen molar-refractivity contribution in [2.45, 2.75) is 13.1 Å². The van der Waals surface area contributed by atoms with Crippen LogP contribution in [0, 0.1) is 5.82 Å². The highest BCUT2D eigenvalue weighted by atomic mass is 19.1. The molecule has 0 aliphatic carbocycles. The lowest BCUT2D eigenvalue weighted by Crippen LogP contribution is -2.38. The molecule has 1 aromatic carbocycles. The average molecular weight is 431 g/mol. The highest BCUT2D eigenvalue weighted by molar-refractivity contribution is 5.92. The lowest BCUT2D eigenvalue weighted by Gasteiger charge is -2.10. The molecule has 4 rings (SSSR count). The molecule has 0 aliphatic heterocycles. The minimum Gasteiger partial charge on any atom is -0.345 e. The third-order valence-corrected chi connectivity index (χ3v) is 4.77. The molecule has 0 atom stereocenters. The quantitative estimate of drug-likeness (QED) is 0.486. The first-order valence-electron chi connectivity index (χ1n) is 9.73. The maximum Gasteiger partial charge on any atom is 0.329 e. The second-order valence-corrected chi connectivity index (χ2v) is 6.92. The molecule has 32 heavy (non-hydrogen) atoms. The topological polar surface area (TPSA) is 110 Å². The summed E-state index contributed by atoms with van der Waals surface area (Å²) in [6, 6.07) is 15.7. The molecule has 3 aromatic heterocycles. The molecule has 2 N–H and O–H groups in total. The van der Waals surface area contributed by atoms with Gasteiger partial charge >= 0.3 is 5.69 Å². The van der Waals surface area contributed by atoms with E-state index < -0.39 is 17.2 Å². The van der Waals surface area contributed by atoms with Crippen molar-refractivity contribution in [1.29, 1.82) is 0 Å². The van der Waals surface area contributed by atoms with Crippen LogP contribution in [0.2, 0.25) is 0 Å². The molecular formula is C23H18FN5O3. The molecule has 0 aliphatic rings. The molecule has 4 aromatic rings. The van der Waals surface area contributed by atoms with Gasteiger partial charge in [-0.25, -0.2) is 9.18 Å². The van der Waals surface area contributed by atoms with Crippen molar-refractivity contribution in [3.63, 3.8) is 0 Å². The molecule has 0 fully saturated rings. The number of benzene rings is 1. The number of hydrogen-bond acceptors (Lipinski definition) is 5. The predicted molar refractivity (Wildman–Crippen MR) is 115 cm³/mol. The summed E-state index contributed by atoms with van der Waals surface area (Å²) >= 11 is 0. The van der Waals surface area contributed by atoms with Crippen molar-refractivity contribution in [3.8, 4) is 11.1 Å². The Morgan fingerprint density at radius 1 is 1.00 bits per heavy atom. The summed E-state index contributed by atoms with van der Waals surface area (Å²) < 4.78 is 14.2. The molecule has 8 nitrogen and oxygen atoms in total. The van der Waals surface area contributed by atoms with Crippen LogP contribution in [0.15, 0.2) is 82.6 Å². The number of aromatic amines is 1. The Morgan fingerprint density at radius 2 is 1.78 bits per heavy atom. The maximum atomic E-state index is 13.2. The van der Waals surface area contributed by atoms with Gasteiger partial charge in [0.25, 0.3) is 11.5 Å². The Kier molecular flexibility index (Phi) is 5.98. The summed E-state index contributed by atoms with van der Waals surface area (Å²) in [6.07, 6.45) is 3.14. The Labute approximate surface area is 181 Å². The fourth-order valence-electron chi connectivity index (χ4n) is 3.18. The van der Waals surface area contributed by atoms with E-state index in [0.717, 1.165) is 21.8 Å². The number of H-pyrrole nitrogens is 1. The second-order valence-electron chi connectivity index (χ2n) is 6.92. The normalized spacial score (nSPS) is 10.7. The summed E-state index contributed by atoms with van der Waals surface area (Å²) in [7, 11) is 0. The third kappa shape index (κ3) is 4.67. The van der Waals surface area contributed by atoms with Gasteiger partial charge < -0.3 is 10.3 Å². The van der Waals surface area contributed by atoms with Crippen molar-refractivity contribution >= 4 is 5.91 Å². The van der Waals surface area contributed by atoms with Gasteiger partial charge in [-0.1, -0.05) is 24.3 Å². The predicted octanol–water partition coefficient (Wildman–Crippen LogP) is 2.11. The molecule has 1 amide bonds. The van der Waals surface area contributed by atoms with Crippen molar-refractivity contribution < 1.29 is 9.18 Å². The van der Waals surface area contributed by atoms with Gasteiger partial charge in [-0.2, -0.15) is 0 Å². The number of rotatable bonds is 6. The van der Waals surface area contributed by atoms with Crippen LogP contribution < -0.4 is 16.6 Å². The van der Waals surface area contributed by atoms with Gasteiger partial charge in [0, 0.05) is 24.0 Å². The van der Waals surface area contributed by atoms with Crippen LogP contribution in [-0.2, 0) is 13.1 Å². The van der Waals surface area contributed by atoms with Crippen LogP contribution in [0.1, 0.15) is 21.9 Å². The zero-order valence-corrected chi connectivity index (χ0v) is 16.8. The van der Waals surface area contributed by atoms with Gasteiger partial charge in [0.2, 0.25) is 0 Å². The smallest absolute Gasteiger partial charge is 0.329 e. The monoisotopic (exact) mass is 431 g/mol. The number of pyridine rings is 2. The third-order valence-electron chi connectivity index (χ3n) is 4.77. The Hall–Kier alpha value is -4.40.